The Morgan fingerprint density at radius 1 is 1.45 bits per heavy atom. The molecule has 2 fully saturated rings. The van der Waals surface area contributed by atoms with E-state index in [9.17, 15) is 9.18 Å². The number of fused-ring (bicyclic) bond motifs is 1. The first-order valence-electron chi connectivity index (χ1n) is 7.55. The zero-order valence-electron chi connectivity index (χ0n) is 12.3. The van der Waals surface area contributed by atoms with Crippen molar-refractivity contribution >= 4 is 34.2 Å². The number of hydrogen-bond acceptors (Lipinski definition) is 2. The summed E-state index contributed by atoms with van der Waals surface area (Å²) in [5.41, 5.74) is 0.547. The molecule has 1 aromatic carbocycles. The molecular weight excluding hydrogens is 371 g/mol. The van der Waals surface area contributed by atoms with Crippen LogP contribution in [0.2, 0.25) is 0 Å². The summed E-state index contributed by atoms with van der Waals surface area (Å²) < 4.78 is 13.9. The van der Waals surface area contributed by atoms with E-state index in [2.05, 4.69) is 26.6 Å². The fourth-order valence-electron chi connectivity index (χ4n) is 3.70. The van der Waals surface area contributed by atoms with Gasteiger partial charge in [0.25, 0.3) is 0 Å². The first-order valence-corrected chi connectivity index (χ1v) is 8.34. The van der Waals surface area contributed by atoms with Crippen molar-refractivity contribution in [2.24, 2.45) is 11.3 Å². The second kappa shape index (κ2) is 7.28. The number of hydrogen-bond donors (Lipinski definition) is 2. The summed E-state index contributed by atoms with van der Waals surface area (Å²) in [6.07, 6.45) is 4.44. The molecule has 1 aliphatic carbocycles. The van der Waals surface area contributed by atoms with Gasteiger partial charge in [-0.15, -0.1) is 12.4 Å². The quantitative estimate of drug-likeness (QED) is 0.829. The third-order valence-corrected chi connectivity index (χ3v) is 5.57. The molecule has 0 bridgehead atoms. The minimum Gasteiger partial charge on any atom is -0.351 e. The maximum absolute atomic E-state index is 13.5. The van der Waals surface area contributed by atoms with Gasteiger partial charge in [0.2, 0.25) is 5.91 Å². The van der Waals surface area contributed by atoms with Crippen LogP contribution in [0.25, 0.3) is 0 Å². The largest absolute Gasteiger partial charge is 0.351 e. The lowest BCUT2D eigenvalue weighted by molar-refractivity contribution is -0.134. The van der Waals surface area contributed by atoms with Crippen LogP contribution in [0.15, 0.2) is 22.7 Å². The fourth-order valence-corrected chi connectivity index (χ4v) is 3.95. The molecule has 1 aliphatic heterocycles. The summed E-state index contributed by atoms with van der Waals surface area (Å²) >= 11 is 3.14. The second-order valence-corrected chi connectivity index (χ2v) is 7.02. The molecule has 1 aromatic rings. The Morgan fingerprint density at radius 2 is 2.27 bits per heavy atom. The normalized spacial score (nSPS) is 26.9. The Labute approximate surface area is 145 Å². The summed E-state index contributed by atoms with van der Waals surface area (Å²) in [4.78, 5) is 12.7. The van der Waals surface area contributed by atoms with Crippen molar-refractivity contribution in [3.63, 3.8) is 0 Å². The van der Waals surface area contributed by atoms with Crippen LogP contribution >= 0.6 is 28.3 Å². The van der Waals surface area contributed by atoms with Gasteiger partial charge in [0, 0.05) is 13.1 Å². The van der Waals surface area contributed by atoms with Gasteiger partial charge in [0.15, 0.2) is 0 Å². The van der Waals surface area contributed by atoms with Gasteiger partial charge in [-0.2, -0.15) is 0 Å². The van der Waals surface area contributed by atoms with Crippen LogP contribution in [0, 0.1) is 17.2 Å². The molecule has 1 amide bonds. The van der Waals surface area contributed by atoms with Crippen LogP contribution in [0.4, 0.5) is 4.39 Å². The van der Waals surface area contributed by atoms with Gasteiger partial charge in [-0.1, -0.05) is 18.9 Å². The number of carbonyl (C=O) groups excluding carboxylic acids is 1. The van der Waals surface area contributed by atoms with Gasteiger partial charge in [0.1, 0.15) is 5.82 Å². The minimum atomic E-state index is -0.294. The molecule has 3 rings (SSSR count). The molecule has 3 nitrogen and oxygen atoms in total. The smallest absolute Gasteiger partial charge is 0.228 e. The van der Waals surface area contributed by atoms with Gasteiger partial charge in [0.05, 0.1) is 9.89 Å². The second-order valence-electron chi connectivity index (χ2n) is 6.16. The van der Waals surface area contributed by atoms with E-state index < -0.39 is 0 Å². The molecule has 2 aliphatic rings. The zero-order valence-corrected chi connectivity index (χ0v) is 14.7. The summed E-state index contributed by atoms with van der Waals surface area (Å²) in [5.74, 6) is 0.284. The maximum atomic E-state index is 13.5. The van der Waals surface area contributed by atoms with Gasteiger partial charge in [-0.3, -0.25) is 4.79 Å². The van der Waals surface area contributed by atoms with Crippen LogP contribution in [0.3, 0.4) is 0 Å². The first-order chi connectivity index (χ1) is 10.1. The van der Waals surface area contributed by atoms with E-state index in [-0.39, 0.29) is 29.5 Å². The molecule has 2 N–H and O–H groups in total. The number of carbonyl (C=O) groups is 1. The molecule has 2 atom stereocenters. The Bertz CT molecular complexity index is 557. The number of nitrogens with one attached hydrogen (secondary N) is 2. The zero-order chi connectivity index (χ0) is 14.9. The number of halogens is 3. The van der Waals surface area contributed by atoms with Crippen LogP contribution in [0.5, 0.6) is 0 Å². The number of amides is 1. The molecule has 1 saturated carbocycles. The molecule has 6 heteroatoms. The molecule has 0 aromatic heterocycles. The van der Waals surface area contributed by atoms with E-state index in [4.69, 9.17) is 0 Å². The van der Waals surface area contributed by atoms with Crippen LogP contribution in [-0.4, -0.2) is 19.0 Å². The summed E-state index contributed by atoms with van der Waals surface area (Å²) in [6, 6.07) is 4.97. The third-order valence-electron chi connectivity index (χ3n) is 4.93. The fraction of sp³-hybridized carbons (Fsp3) is 0.562. The molecule has 1 saturated heterocycles. The maximum Gasteiger partial charge on any atom is 0.228 e. The van der Waals surface area contributed by atoms with E-state index in [0.717, 1.165) is 37.9 Å². The van der Waals surface area contributed by atoms with Crippen molar-refractivity contribution in [1.82, 2.24) is 10.6 Å². The van der Waals surface area contributed by atoms with Crippen LogP contribution in [-0.2, 0) is 11.3 Å². The number of rotatable bonds is 3. The predicted molar refractivity (Wildman–Crippen MR) is 90.5 cm³/mol. The van der Waals surface area contributed by atoms with Crippen molar-refractivity contribution < 1.29 is 9.18 Å². The molecule has 0 radical (unpaired) electrons. The van der Waals surface area contributed by atoms with Crippen molar-refractivity contribution in [3.8, 4) is 0 Å². The Hall–Kier alpha value is -0.650. The summed E-state index contributed by atoms with van der Waals surface area (Å²) in [5, 5.41) is 6.39. The van der Waals surface area contributed by atoms with E-state index >= 15 is 0 Å². The van der Waals surface area contributed by atoms with Crippen LogP contribution < -0.4 is 10.6 Å². The van der Waals surface area contributed by atoms with Crippen LogP contribution in [0.1, 0.15) is 31.2 Å². The van der Waals surface area contributed by atoms with E-state index in [1.54, 1.807) is 6.07 Å². The van der Waals surface area contributed by atoms with Crippen molar-refractivity contribution in [3.05, 3.63) is 34.1 Å². The highest BCUT2D eigenvalue weighted by molar-refractivity contribution is 9.10. The topological polar surface area (TPSA) is 41.1 Å². The number of benzene rings is 1. The summed E-state index contributed by atoms with van der Waals surface area (Å²) in [6.45, 7) is 2.11. The van der Waals surface area contributed by atoms with Crippen molar-refractivity contribution in [2.45, 2.75) is 32.2 Å². The monoisotopic (exact) mass is 390 g/mol. The van der Waals surface area contributed by atoms with E-state index in [1.165, 1.54) is 12.5 Å². The Kier molecular flexibility index (Phi) is 5.86. The van der Waals surface area contributed by atoms with Gasteiger partial charge < -0.3 is 10.6 Å². The Balaban J connectivity index is 0.00000176. The molecular formula is C16H21BrClFN2O. The summed E-state index contributed by atoms with van der Waals surface area (Å²) in [7, 11) is 0. The standard InChI is InChI=1S/C16H20BrFN2O.ClH/c17-13-5-4-11(7-14(13)18)8-20-15(21)16-6-2-1-3-12(16)9-19-10-16;/h4-5,7,12,19H,1-3,6,8-10H2,(H,20,21);1H/t12-,16+;/m0./s1. The highest BCUT2D eigenvalue weighted by atomic mass is 79.9. The van der Waals surface area contributed by atoms with Gasteiger partial charge in [-0.25, -0.2) is 4.39 Å². The van der Waals surface area contributed by atoms with E-state index in [1.807, 2.05) is 6.07 Å². The molecule has 0 unspecified atom stereocenters. The lowest BCUT2D eigenvalue weighted by atomic mass is 9.67. The predicted octanol–water partition coefficient (Wildman–Crippen LogP) is 3.41. The first kappa shape index (κ1) is 17.7. The lowest BCUT2D eigenvalue weighted by Gasteiger charge is -2.37. The van der Waals surface area contributed by atoms with Gasteiger partial charge >= 0.3 is 0 Å². The average Bonchev–Trinajstić information content (AvgIpc) is 2.93. The highest BCUT2D eigenvalue weighted by Gasteiger charge is 2.49. The van der Waals surface area contributed by atoms with Crippen molar-refractivity contribution in [1.29, 1.82) is 0 Å². The Morgan fingerprint density at radius 3 is 3.05 bits per heavy atom. The lowest BCUT2D eigenvalue weighted by Crippen LogP contribution is -2.47. The molecule has 22 heavy (non-hydrogen) atoms. The SMILES string of the molecule is Cl.O=C(NCc1ccc(Br)c(F)c1)[C@@]12CCCC[C@H]1CNC2. The molecule has 1 heterocycles. The van der Waals surface area contributed by atoms with Gasteiger partial charge in [-0.05, 0) is 58.9 Å². The minimum absolute atomic E-state index is 0. The highest BCUT2D eigenvalue weighted by Crippen LogP contribution is 2.43. The molecule has 0 spiro atoms. The van der Waals surface area contributed by atoms with Crippen molar-refractivity contribution in [2.75, 3.05) is 13.1 Å². The van der Waals surface area contributed by atoms with E-state index in [0.29, 0.717) is 16.9 Å². The third kappa shape index (κ3) is 3.31. The molecule has 122 valence electrons. The average molecular weight is 392 g/mol.